The molecule has 1 amide bonds. The van der Waals surface area contributed by atoms with Gasteiger partial charge < -0.3 is 9.47 Å². The van der Waals surface area contributed by atoms with E-state index in [-0.39, 0.29) is 29.9 Å². The summed E-state index contributed by atoms with van der Waals surface area (Å²) in [6.07, 6.45) is 1.28. The number of rotatable bonds is 2. The van der Waals surface area contributed by atoms with Crippen LogP contribution in [0.1, 0.15) is 47.0 Å². The number of fused-ring (bicyclic) bond motifs is 2. The largest absolute Gasteiger partial charge is 0.444 e. The normalized spacial score (nSPS) is 27.6. The lowest BCUT2D eigenvalue weighted by atomic mass is 9.82. The average molecular weight is 307 g/mol. The van der Waals surface area contributed by atoms with Crippen molar-refractivity contribution in [3.63, 3.8) is 0 Å². The number of hydrogen-bond donors (Lipinski definition) is 0. The molecule has 0 aromatic carbocycles. The molecule has 2 saturated heterocycles. The van der Waals surface area contributed by atoms with Gasteiger partial charge in [-0.25, -0.2) is 4.79 Å². The van der Waals surface area contributed by atoms with Gasteiger partial charge in [-0.15, -0.1) is 5.92 Å². The van der Waals surface area contributed by atoms with Crippen molar-refractivity contribution >= 4 is 11.9 Å². The highest BCUT2D eigenvalue weighted by Gasteiger charge is 2.44. The zero-order chi connectivity index (χ0) is 16.3. The van der Waals surface area contributed by atoms with Crippen molar-refractivity contribution in [2.45, 2.75) is 64.6 Å². The standard InChI is InChI=1S/C17H25NO4/c1-5-6-7-15(19)12-8-13-10-21-11-14(9-12)18(13)16(20)22-17(2,3)4/h12-14H,7-11H2,1-4H3. The van der Waals surface area contributed by atoms with Crippen LogP contribution in [0.2, 0.25) is 0 Å². The highest BCUT2D eigenvalue weighted by Crippen LogP contribution is 2.33. The molecule has 2 bridgehead atoms. The van der Waals surface area contributed by atoms with Gasteiger partial charge in [-0.2, -0.15) is 0 Å². The summed E-state index contributed by atoms with van der Waals surface area (Å²) in [6, 6.07) is -0.156. The van der Waals surface area contributed by atoms with Gasteiger partial charge in [0.25, 0.3) is 0 Å². The fourth-order valence-electron chi connectivity index (χ4n) is 3.11. The Bertz CT molecular complexity index is 483. The van der Waals surface area contributed by atoms with Gasteiger partial charge in [0.2, 0.25) is 0 Å². The van der Waals surface area contributed by atoms with Crippen LogP contribution >= 0.6 is 0 Å². The lowest BCUT2D eigenvalue weighted by Gasteiger charge is -2.47. The Morgan fingerprint density at radius 1 is 1.23 bits per heavy atom. The van der Waals surface area contributed by atoms with E-state index in [9.17, 15) is 9.59 Å². The number of nitrogens with zero attached hydrogens (tertiary/aromatic N) is 1. The predicted octanol–water partition coefficient (Wildman–Crippen LogP) is 2.38. The fraction of sp³-hybridized carbons (Fsp3) is 0.765. The Labute approximate surface area is 132 Å². The summed E-state index contributed by atoms with van der Waals surface area (Å²) in [5.41, 5.74) is -0.518. The van der Waals surface area contributed by atoms with E-state index in [0.29, 0.717) is 32.5 Å². The van der Waals surface area contributed by atoms with E-state index in [0.717, 1.165) is 0 Å². The SMILES string of the molecule is CC#CCC(=O)C1CC2COCC(C1)N2C(=O)OC(C)(C)C. The zero-order valence-corrected chi connectivity index (χ0v) is 13.8. The van der Waals surface area contributed by atoms with Crippen molar-refractivity contribution in [1.82, 2.24) is 4.90 Å². The molecule has 0 spiro atoms. The van der Waals surface area contributed by atoms with E-state index in [1.54, 1.807) is 11.8 Å². The Kier molecular flexibility index (Phi) is 5.12. The highest BCUT2D eigenvalue weighted by molar-refractivity contribution is 5.83. The van der Waals surface area contributed by atoms with Crippen LogP contribution in [0.3, 0.4) is 0 Å². The molecule has 2 rings (SSSR count). The number of piperidine rings is 1. The fourth-order valence-corrected chi connectivity index (χ4v) is 3.11. The van der Waals surface area contributed by atoms with E-state index < -0.39 is 5.60 Å². The third-order valence-corrected chi connectivity index (χ3v) is 4.02. The van der Waals surface area contributed by atoms with Crippen LogP contribution in [0.5, 0.6) is 0 Å². The first kappa shape index (κ1) is 16.8. The molecule has 0 radical (unpaired) electrons. The number of Topliss-reactive ketones (excluding diaryl/α,β-unsaturated/α-hetero) is 1. The topological polar surface area (TPSA) is 55.8 Å². The van der Waals surface area contributed by atoms with E-state index >= 15 is 0 Å². The first-order valence-electron chi connectivity index (χ1n) is 7.83. The van der Waals surface area contributed by atoms with Crippen molar-refractivity contribution in [2.75, 3.05) is 13.2 Å². The minimum atomic E-state index is -0.518. The average Bonchev–Trinajstić information content (AvgIpc) is 2.41. The molecule has 2 unspecified atom stereocenters. The Morgan fingerprint density at radius 3 is 2.32 bits per heavy atom. The maximum atomic E-state index is 12.4. The molecule has 0 aromatic rings. The van der Waals surface area contributed by atoms with Crippen LogP contribution in [-0.4, -0.2) is 47.7 Å². The van der Waals surface area contributed by atoms with Gasteiger partial charge in [0.1, 0.15) is 11.4 Å². The Balaban J connectivity index is 2.06. The quantitative estimate of drug-likeness (QED) is 0.735. The van der Waals surface area contributed by atoms with Gasteiger partial charge in [0, 0.05) is 5.92 Å². The number of amides is 1. The predicted molar refractivity (Wildman–Crippen MR) is 82.3 cm³/mol. The maximum absolute atomic E-state index is 12.4. The van der Waals surface area contributed by atoms with Crippen LogP contribution in [0.4, 0.5) is 4.79 Å². The highest BCUT2D eigenvalue weighted by atomic mass is 16.6. The third-order valence-electron chi connectivity index (χ3n) is 4.02. The smallest absolute Gasteiger partial charge is 0.410 e. The lowest BCUT2D eigenvalue weighted by molar-refractivity contribution is -0.131. The molecule has 5 nitrogen and oxygen atoms in total. The van der Waals surface area contributed by atoms with Gasteiger partial charge in [0.05, 0.1) is 31.7 Å². The summed E-state index contributed by atoms with van der Waals surface area (Å²) in [4.78, 5) is 26.4. The minimum Gasteiger partial charge on any atom is -0.444 e. The molecule has 2 aliphatic rings. The number of hydrogen-bond acceptors (Lipinski definition) is 4. The van der Waals surface area contributed by atoms with Gasteiger partial charge in [-0.1, -0.05) is 5.92 Å². The van der Waals surface area contributed by atoms with Crippen LogP contribution in [0.25, 0.3) is 0 Å². The zero-order valence-electron chi connectivity index (χ0n) is 13.8. The second kappa shape index (κ2) is 6.70. The van der Waals surface area contributed by atoms with Crippen LogP contribution in [0, 0.1) is 17.8 Å². The molecular weight excluding hydrogens is 282 g/mol. The molecule has 0 aliphatic carbocycles. The molecule has 22 heavy (non-hydrogen) atoms. The van der Waals surface area contributed by atoms with Crippen LogP contribution < -0.4 is 0 Å². The molecule has 2 aliphatic heterocycles. The Morgan fingerprint density at radius 2 is 1.82 bits per heavy atom. The molecule has 5 heteroatoms. The summed E-state index contributed by atoms with van der Waals surface area (Å²) in [6.45, 7) is 8.25. The van der Waals surface area contributed by atoms with Crippen LogP contribution in [-0.2, 0) is 14.3 Å². The monoisotopic (exact) mass is 307 g/mol. The van der Waals surface area contributed by atoms with Crippen molar-refractivity contribution in [3.05, 3.63) is 0 Å². The van der Waals surface area contributed by atoms with E-state index in [2.05, 4.69) is 11.8 Å². The van der Waals surface area contributed by atoms with Gasteiger partial charge >= 0.3 is 6.09 Å². The third kappa shape index (κ3) is 4.01. The summed E-state index contributed by atoms with van der Waals surface area (Å²) < 4.78 is 11.1. The van der Waals surface area contributed by atoms with Crippen molar-refractivity contribution in [2.24, 2.45) is 5.92 Å². The first-order chi connectivity index (χ1) is 10.3. The number of carbonyl (C=O) groups excluding carboxylic acids is 2. The second-order valence-corrected chi connectivity index (χ2v) is 6.97. The molecule has 0 saturated carbocycles. The molecule has 122 valence electrons. The van der Waals surface area contributed by atoms with E-state index in [1.807, 2.05) is 20.8 Å². The van der Waals surface area contributed by atoms with Crippen molar-refractivity contribution in [1.29, 1.82) is 0 Å². The minimum absolute atomic E-state index is 0.0292. The molecule has 0 aromatic heterocycles. The molecule has 2 atom stereocenters. The van der Waals surface area contributed by atoms with E-state index in [4.69, 9.17) is 9.47 Å². The van der Waals surface area contributed by atoms with Crippen molar-refractivity contribution in [3.8, 4) is 11.8 Å². The van der Waals surface area contributed by atoms with Gasteiger partial charge in [-0.05, 0) is 40.5 Å². The number of morpholine rings is 1. The summed E-state index contributed by atoms with van der Waals surface area (Å²) in [7, 11) is 0. The number of ether oxygens (including phenoxy) is 2. The van der Waals surface area contributed by atoms with Crippen LogP contribution in [0.15, 0.2) is 0 Å². The van der Waals surface area contributed by atoms with E-state index in [1.165, 1.54) is 0 Å². The molecule has 2 fully saturated rings. The lowest BCUT2D eigenvalue weighted by Crippen LogP contribution is -2.60. The molecule has 2 heterocycles. The van der Waals surface area contributed by atoms with Gasteiger partial charge in [0.15, 0.2) is 0 Å². The summed E-state index contributed by atoms with van der Waals surface area (Å²) in [5, 5.41) is 0. The Hall–Kier alpha value is -1.54. The van der Waals surface area contributed by atoms with Crippen molar-refractivity contribution < 1.29 is 19.1 Å². The van der Waals surface area contributed by atoms with Gasteiger partial charge in [-0.3, -0.25) is 9.69 Å². The summed E-state index contributed by atoms with van der Waals surface area (Å²) >= 11 is 0. The summed E-state index contributed by atoms with van der Waals surface area (Å²) in [5.74, 6) is 5.75. The number of ketones is 1. The molecule has 0 N–H and O–H groups in total. The maximum Gasteiger partial charge on any atom is 0.410 e. The first-order valence-corrected chi connectivity index (χ1v) is 7.83. The second-order valence-electron chi connectivity index (χ2n) is 6.97. The number of carbonyl (C=O) groups is 2. The molecular formula is C17H25NO4.